The second kappa shape index (κ2) is 3.11. The predicted molar refractivity (Wildman–Crippen MR) is 70.9 cm³/mol. The van der Waals surface area contributed by atoms with Gasteiger partial charge < -0.3 is 5.73 Å². The zero-order valence-electron chi connectivity index (χ0n) is 9.89. The number of hydrogen-bond donors (Lipinski definition) is 1. The Morgan fingerprint density at radius 3 is 2.65 bits per heavy atom. The van der Waals surface area contributed by atoms with Gasteiger partial charge in [0.1, 0.15) is 0 Å². The summed E-state index contributed by atoms with van der Waals surface area (Å²) in [5, 5.41) is 2.80. The minimum atomic E-state index is 0.424. The van der Waals surface area contributed by atoms with E-state index >= 15 is 0 Å². The van der Waals surface area contributed by atoms with E-state index in [-0.39, 0.29) is 0 Å². The number of fused-ring (bicyclic) bond motifs is 2. The number of nitrogens with two attached hydrogens (primary N) is 1. The molecule has 2 N–H and O–H groups in total. The lowest BCUT2D eigenvalue weighted by molar-refractivity contribution is 0.585. The van der Waals surface area contributed by atoms with Crippen molar-refractivity contribution in [1.29, 1.82) is 0 Å². The van der Waals surface area contributed by atoms with Crippen LogP contribution in [0, 0.1) is 5.92 Å². The number of rotatable bonds is 1. The van der Waals surface area contributed by atoms with Crippen LogP contribution in [-0.2, 0) is 5.41 Å². The summed E-state index contributed by atoms with van der Waals surface area (Å²) in [6.45, 7) is 0. The van der Waals surface area contributed by atoms with Gasteiger partial charge in [0.15, 0.2) is 0 Å². The molecule has 0 aromatic heterocycles. The van der Waals surface area contributed by atoms with Gasteiger partial charge in [0.2, 0.25) is 0 Å². The van der Waals surface area contributed by atoms with Crippen LogP contribution < -0.4 is 5.73 Å². The van der Waals surface area contributed by atoms with Crippen LogP contribution in [0.5, 0.6) is 0 Å². The van der Waals surface area contributed by atoms with Crippen LogP contribution in [0.2, 0.25) is 0 Å². The fraction of sp³-hybridized carbons (Fsp3) is 0.375. The molecule has 2 aliphatic rings. The molecule has 17 heavy (non-hydrogen) atoms. The Hall–Kier alpha value is -1.34. The van der Waals surface area contributed by atoms with Gasteiger partial charge in [-0.1, -0.05) is 42.5 Å². The van der Waals surface area contributed by atoms with E-state index in [0.717, 1.165) is 5.92 Å². The molecular weight excluding hydrogens is 206 g/mol. The van der Waals surface area contributed by atoms with Gasteiger partial charge >= 0.3 is 0 Å². The molecule has 2 fully saturated rings. The molecule has 2 aromatic rings. The Bertz CT molecular complexity index is 584. The van der Waals surface area contributed by atoms with Gasteiger partial charge in [0, 0.05) is 11.5 Å². The molecule has 2 aliphatic carbocycles. The fourth-order valence-electron chi connectivity index (χ4n) is 3.96. The quantitative estimate of drug-likeness (QED) is 0.789. The monoisotopic (exact) mass is 223 g/mol. The molecule has 0 saturated heterocycles. The maximum atomic E-state index is 6.12. The maximum Gasteiger partial charge on any atom is 0.00503 e. The Labute approximate surface area is 102 Å². The topological polar surface area (TPSA) is 26.0 Å². The van der Waals surface area contributed by atoms with Gasteiger partial charge in [-0.15, -0.1) is 0 Å². The SMILES string of the molecule is N[C@@H]1CC2C[C@@]2(c2cccc3ccccc23)C1. The van der Waals surface area contributed by atoms with Gasteiger partial charge in [-0.05, 0) is 41.5 Å². The van der Waals surface area contributed by atoms with E-state index in [1.165, 1.54) is 30.0 Å². The summed E-state index contributed by atoms with van der Waals surface area (Å²) >= 11 is 0. The lowest BCUT2D eigenvalue weighted by atomic mass is 9.88. The second-order valence-electron chi connectivity index (χ2n) is 5.78. The molecule has 4 rings (SSSR count). The summed E-state index contributed by atoms with van der Waals surface area (Å²) in [5.41, 5.74) is 8.10. The van der Waals surface area contributed by atoms with E-state index in [2.05, 4.69) is 42.5 Å². The zero-order chi connectivity index (χ0) is 11.5. The third-order valence-electron chi connectivity index (χ3n) is 4.77. The Morgan fingerprint density at radius 1 is 1.00 bits per heavy atom. The van der Waals surface area contributed by atoms with Gasteiger partial charge in [-0.25, -0.2) is 0 Å². The summed E-state index contributed by atoms with van der Waals surface area (Å²) in [4.78, 5) is 0. The molecule has 0 spiro atoms. The molecule has 86 valence electrons. The number of hydrogen-bond acceptors (Lipinski definition) is 1. The first-order valence-corrected chi connectivity index (χ1v) is 6.53. The highest BCUT2D eigenvalue weighted by atomic mass is 14.8. The van der Waals surface area contributed by atoms with Crippen LogP contribution in [0.4, 0.5) is 0 Å². The van der Waals surface area contributed by atoms with E-state index in [9.17, 15) is 0 Å². The Morgan fingerprint density at radius 2 is 1.82 bits per heavy atom. The zero-order valence-corrected chi connectivity index (χ0v) is 9.89. The highest BCUT2D eigenvalue weighted by Crippen LogP contribution is 2.64. The normalized spacial score (nSPS) is 34.9. The number of benzene rings is 2. The Balaban J connectivity index is 1.92. The Kier molecular flexibility index (Phi) is 1.77. The van der Waals surface area contributed by atoms with Crippen molar-refractivity contribution >= 4 is 10.8 Å². The van der Waals surface area contributed by atoms with E-state index in [4.69, 9.17) is 5.73 Å². The summed E-state index contributed by atoms with van der Waals surface area (Å²) in [6, 6.07) is 15.9. The van der Waals surface area contributed by atoms with Crippen molar-refractivity contribution in [3.8, 4) is 0 Å². The molecule has 0 heterocycles. The smallest absolute Gasteiger partial charge is 0.00503 e. The van der Waals surface area contributed by atoms with Crippen molar-refractivity contribution < 1.29 is 0 Å². The van der Waals surface area contributed by atoms with Crippen molar-refractivity contribution in [3.05, 3.63) is 48.0 Å². The van der Waals surface area contributed by atoms with Crippen molar-refractivity contribution in [2.24, 2.45) is 11.7 Å². The average Bonchev–Trinajstić information content (AvgIpc) is 2.92. The maximum absolute atomic E-state index is 6.12. The van der Waals surface area contributed by atoms with Crippen molar-refractivity contribution in [1.82, 2.24) is 0 Å². The van der Waals surface area contributed by atoms with Gasteiger partial charge in [-0.2, -0.15) is 0 Å². The molecular formula is C16H17N. The highest BCUT2D eigenvalue weighted by molar-refractivity contribution is 5.87. The van der Waals surface area contributed by atoms with E-state index in [0.29, 0.717) is 11.5 Å². The first kappa shape index (κ1) is 9.67. The molecule has 2 saturated carbocycles. The molecule has 0 radical (unpaired) electrons. The van der Waals surface area contributed by atoms with Gasteiger partial charge in [-0.3, -0.25) is 0 Å². The van der Waals surface area contributed by atoms with Crippen LogP contribution in [0.25, 0.3) is 10.8 Å². The highest BCUT2D eigenvalue weighted by Gasteiger charge is 2.60. The van der Waals surface area contributed by atoms with Crippen LogP contribution >= 0.6 is 0 Å². The third-order valence-corrected chi connectivity index (χ3v) is 4.77. The standard InChI is InChI=1S/C16H17N/c17-13-8-12-9-16(12,10-13)15-7-3-5-11-4-1-2-6-14(11)15/h1-7,12-13H,8-10,17H2/t12?,13-,16-/m1/s1. The largest absolute Gasteiger partial charge is 0.328 e. The summed E-state index contributed by atoms with van der Waals surface area (Å²) in [5.74, 6) is 0.850. The minimum Gasteiger partial charge on any atom is -0.328 e. The van der Waals surface area contributed by atoms with Crippen LogP contribution in [-0.4, -0.2) is 6.04 Å². The first-order chi connectivity index (χ1) is 8.29. The van der Waals surface area contributed by atoms with Gasteiger partial charge in [0.05, 0.1) is 0 Å². The second-order valence-corrected chi connectivity index (χ2v) is 5.78. The molecule has 1 unspecified atom stereocenters. The van der Waals surface area contributed by atoms with Crippen LogP contribution in [0.1, 0.15) is 24.8 Å². The van der Waals surface area contributed by atoms with Crippen molar-refractivity contribution in [3.63, 3.8) is 0 Å². The van der Waals surface area contributed by atoms with Crippen molar-refractivity contribution in [2.45, 2.75) is 30.7 Å². The summed E-state index contributed by atoms with van der Waals surface area (Å²) < 4.78 is 0. The van der Waals surface area contributed by atoms with E-state index < -0.39 is 0 Å². The molecule has 1 heteroatoms. The first-order valence-electron chi connectivity index (χ1n) is 6.53. The molecule has 0 amide bonds. The van der Waals surface area contributed by atoms with Crippen LogP contribution in [0.3, 0.4) is 0 Å². The van der Waals surface area contributed by atoms with Crippen molar-refractivity contribution in [2.75, 3.05) is 0 Å². The van der Waals surface area contributed by atoms with Crippen LogP contribution in [0.15, 0.2) is 42.5 Å². The van der Waals surface area contributed by atoms with Gasteiger partial charge in [0.25, 0.3) is 0 Å². The lowest BCUT2D eigenvalue weighted by Crippen LogP contribution is -2.20. The molecule has 2 aromatic carbocycles. The van der Waals surface area contributed by atoms with E-state index in [1.54, 1.807) is 5.56 Å². The summed E-state index contributed by atoms with van der Waals surface area (Å²) in [7, 11) is 0. The average molecular weight is 223 g/mol. The molecule has 3 atom stereocenters. The predicted octanol–water partition coefficient (Wildman–Crippen LogP) is 3.22. The molecule has 0 bridgehead atoms. The van der Waals surface area contributed by atoms with E-state index in [1.807, 2.05) is 0 Å². The minimum absolute atomic E-state index is 0.424. The fourth-order valence-corrected chi connectivity index (χ4v) is 3.96. The lowest BCUT2D eigenvalue weighted by Gasteiger charge is -2.17. The molecule has 0 aliphatic heterocycles. The molecule has 1 nitrogen and oxygen atoms in total. The summed E-state index contributed by atoms with van der Waals surface area (Å²) in [6.07, 6.45) is 3.77. The third kappa shape index (κ3) is 1.23.